The molecule has 0 radical (unpaired) electrons. The average Bonchev–Trinajstić information content (AvgIpc) is 3.14. The van der Waals surface area contributed by atoms with Gasteiger partial charge in [-0.25, -0.2) is 4.79 Å². The maximum Gasteiger partial charge on any atom is 0.377 e. The van der Waals surface area contributed by atoms with Gasteiger partial charge in [0.25, 0.3) is 5.91 Å². The largest absolute Gasteiger partial charge is 0.493 e. The number of esters is 1. The molecule has 0 bridgehead atoms. The molecule has 1 amide bonds. The van der Waals surface area contributed by atoms with Crippen molar-refractivity contribution in [1.29, 1.82) is 0 Å². The van der Waals surface area contributed by atoms with Crippen LogP contribution < -0.4 is 5.32 Å². The van der Waals surface area contributed by atoms with Crippen LogP contribution in [0, 0.1) is 0 Å². The molecule has 2 rings (SSSR count). The van der Waals surface area contributed by atoms with Crippen LogP contribution in [0.5, 0.6) is 0 Å². The van der Waals surface area contributed by atoms with Gasteiger partial charge in [-0.3, -0.25) is 4.79 Å². The van der Waals surface area contributed by atoms with Gasteiger partial charge in [-0.05, 0) is 19.8 Å². The third-order valence-electron chi connectivity index (χ3n) is 2.43. The Labute approximate surface area is 98.9 Å². The van der Waals surface area contributed by atoms with Crippen molar-refractivity contribution in [2.45, 2.75) is 31.9 Å². The molecule has 1 heterocycles. The third-order valence-corrected chi connectivity index (χ3v) is 2.43. The molecule has 1 fully saturated rings. The maximum absolute atomic E-state index is 11.5. The highest BCUT2D eigenvalue weighted by atomic mass is 16.6. The fourth-order valence-electron chi connectivity index (χ4n) is 1.29. The molecule has 6 heteroatoms. The minimum absolute atomic E-state index is 0.00215. The molecule has 1 saturated carbocycles. The van der Waals surface area contributed by atoms with Crippen molar-refractivity contribution in [3.05, 3.63) is 12.0 Å². The van der Waals surface area contributed by atoms with Crippen molar-refractivity contribution in [1.82, 2.24) is 5.32 Å². The average molecular weight is 241 g/mol. The molecule has 1 aliphatic carbocycles. The molecule has 0 aromatic carbocycles. The molecule has 0 aromatic rings. The predicted molar refractivity (Wildman–Crippen MR) is 56.7 cm³/mol. The van der Waals surface area contributed by atoms with E-state index in [1.807, 2.05) is 0 Å². The minimum Gasteiger partial charge on any atom is -0.493 e. The van der Waals surface area contributed by atoms with Crippen LogP contribution in [0.4, 0.5) is 0 Å². The number of amides is 1. The van der Waals surface area contributed by atoms with Crippen molar-refractivity contribution in [2.24, 2.45) is 0 Å². The molecule has 94 valence electrons. The van der Waals surface area contributed by atoms with Gasteiger partial charge in [-0.15, -0.1) is 0 Å². The molecule has 17 heavy (non-hydrogen) atoms. The Morgan fingerprint density at radius 1 is 1.47 bits per heavy atom. The number of hydrogen-bond donors (Lipinski definition) is 1. The second-order valence-corrected chi connectivity index (χ2v) is 4.03. The van der Waals surface area contributed by atoms with Gasteiger partial charge >= 0.3 is 5.97 Å². The van der Waals surface area contributed by atoms with Crippen LogP contribution in [0.1, 0.15) is 19.8 Å². The fraction of sp³-hybridized carbons (Fsp3) is 0.636. The smallest absolute Gasteiger partial charge is 0.377 e. The molecule has 6 nitrogen and oxygen atoms in total. The van der Waals surface area contributed by atoms with Crippen LogP contribution in [0.3, 0.4) is 0 Å². The third kappa shape index (κ3) is 3.37. The van der Waals surface area contributed by atoms with Gasteiger partial charge in [0.2, 0.25) is 5.76 Å². The first-order valence-electron chi connectivity index (χ1n) is 5.63. The number of ether oxygens (including phenoxy) is 3. The second-order valence-electron chi connectivity index (χ2n) is 4.03. The summed E-state index contributed by atoms with van der Waals surface area (Å²) in [4.78, 5) is 23.1. The summed E-state index contributed by atoms with van der Waals surface area (Å²) in [5.41, 5.74) is 0. The van der Waals surface area contributed by atoms with Gasteiger partial charge in [0.05, 0.1) is 0 Å². The second kappa shape index (κ2) is 5.07. The van der Waals surface area contributed by atoms with Crippen molar-refractivity contribution in [3.8, 4) is 0 Å². The highest BCUT2D eigenvalue weighted by Crippen LogP contribution is 2.19. The Balaban J connectivity index is 1.80. The topological polar surface area (TPSA) is 73.9 Å². The summed E-state index contributed by atoms with van der Waals surface area (Å²) in [6.45, 7) is 2.25. The van der Waals surface area contributed by atoms with Crippen molar-refractivity contribution in [3.63, 3.8) is 0 Å². The SMILES string of the molecule is C[C@H](OC(=O)C1=COCCO1)C(=O)NC1CC1. The van der Waals surface area contributed by atoms with Gasteiger partial charge in [0.1, 0.15) is 19.5 Å². The zero-order valence-corrected chi connectivity index (χ0v) is 9.60. The number of carbonyl (C=O) groups excluding carboxylic acids is 2. The van der Waals surface area contributed by atoms with Gasteiger partial charge in [0, 0.05) is 6.04 Å². The summed E-state index contributed by atoms with van der Waals surface area (Å²) in [5, 5.41) is 2.75. The highest BCUT2D eigenvalue weighted by molar-refractivity contribution is 5.90. The highest BCUT2D eigenvalue weighted by Gasteiger charge is 2.28. The lowest BCUT2D eigenvalue weighted by atomic mass is 10.3. The van der Waals surface area contributed by atoms with E-state index in [0.29, 0.717) is 13.2 Å². The standard InChI is InChI=1S/C11H15NO5/c1-7(10(13)12-8-2-3-8)17-11(14)9-6-15-4-5-16-9/h6-8H,2-5H2,1H3,(H,12,13)/t7-/m0/s1. The Kier molecular flexibility index (Phi) is 3.51. The van der Waals surface area contributed by atoms with Crippen molar-refractivity contribution in [2.75, 3.05) is 13.2 Å². The first kappa shape index (κ1) is 11.8. The number of hydrogen-bond acceptors (Lipinski definition) is 5. The number of carbonyl (C=O) groups is 2. The summed E-state index contributed by atoms with van der Waals surface area (Å²) in [6.07, 6.45) is 2.37. The molecule has 0 unspecified atom stereocenters. The predicted octanol–water partition coefficient (Wildman–Crippen LogP) is 0.0849. The number of nitrogens with one attached hydrogen (secondary N) is 1. The quantitative estimate of drug-likeness (QED) is 0.706. The zero-order chi connectivity index (χ0) is 12.3. The fourth-order valence-corrected chi connectivity index (χ4v) is 1.29. The van der Waals surface area contributed by atoms with E-state index in [0.717, 1.165) is 12.8 Å². The maximum atomic E-state index is 11.5. The van der Waals surface area contributed by atoms with Crippen LogP contribution >= 0.6 is 0 Å². The van der Waals surface area contributed by atoms with Crippen molar-refractivity contribution < 1.29 is 23.8 Å². The summed E-state index contributed by atoms with van der Waals surface area (Å²) in [5.74, 6) is -0.955. The molecule has 1 N–H and O–H groups in total. The van der Waals surface area contributed by atoms with Gasteiger partial charge in [-0.2, -0.15) is 0 Å². The van der Waals surface area contributed by atoms with Crippen LogP contribution in [0.25, 0.3) is 0 Å². The lowest BCUT2D eigenvalue weighted by molar-refractivity contribution is -0.155. The summed E-state index contributed by atoms with van der Waals surface area (Å²) < 4.78 is 14.9. The zero-order valence-electron chi connectivity index (χ0n) is 9.60. The van der Waals surface area contributed by atoms with Crippen LogP contribution in [0.15, 0.2) is 12.0 Å². The Bertz CT molecular complexity index is 348. The normalized spacial score (nSPS) is 20.4. The van der Waals surface area contributed by atoms with E-state index in [1.54, 1.807) is 0 Å². The molecule has 0 saturated heterocycles. The summed E-state index contributed by atoms with van der Waals surface area (Å²) in [6, 6.07) is 0.247. The summed E-state index contributed by atoms with van der Waals surface area (Å²) >= 11 is 0. The van der Waals surface area contributed by atoms with Gasteiger partial charge in [0.15, 0.2) is 6.10 Å². The lowest BCUT2D eigenvalue weighted by Gasteiger charge is -2.17. The van der Waals surface area contributed by atoms with E-state index < -0.39 is 12.1 Å². The first-order chi connectivity index (χ1) is 8.16. The first-order valence-corrected chi connectivity index (χ1v) is 5.63. The molecule has 0 aromatic heterocycles. The molecule has 1 atom stereocenters. The molecule has 2 aliphatic rings. The summed E-state index contributed by atoms with van der Waals surface area (Å²) in [7, 11) is 0. The minimum atomic E-state index is -0.825. The van der Waals surface area contributed by atoms with E-state index >= 15 is 0 Å². The van der Waals surface area contributed by atoms with E-state index in [2.05, 4.69) is 5.32 Å². The Morgan fingerprint density at radius 2 is 2.24 bits per heavy atom. The monoisotopic (exact) mass is 241 g/mol. The Morgan fingerprint density at radius 3 is 2.82 bits per heavy atom. The van der Waals surface area contributed by atoms with Gasteiger partial charge < -0.3 is 19.5 Å². The molecule has 1 aliphatic heterocycles. The molecule has 0 spiro atoms. The molecular weight excluding hydrogens is 226 g/mol. The lowest BCUT2D eigenvalue weighted by Crippen LogP contribution is -2.37. The van der Waals surface area contributed by atoms with Crippen LogP contribution in [-0.2, 0) is 23.8 Å². The van der Waals surface area contributed by atoms with Crippen LogP contribution in [-0.4, -0.2) is 37.2 Å². The van der Waals surface area contributed by atoms with E-state index in [-0.39, 0.29) is 17.7 Å². The van der Waals surface area contributed by atoms with E-state index in [1.165, 1.54) is 13.2 Å². The molecular formula is C11H15NO5. The van der Waals surface area contributed by atoms with Crippen LogP contribution in [0.2, 0.25) is 0 Å². The van der Waals surface area contributed by atoms with Gasteiger partial charge in [-0.1, -0.05) is 0 Å². The van der Waals surface area contributed by atoms with E-state index in [9.17, 15) is 9.59 Å². The number of rotatable bonds is 4. The van der Waals surface area contributed by atoms with Crippen molar-refractivity contribution >= 4 is 11.9 Å². The Hall–Kier alpha value is -1.72. The van der Waals surface area contributed by atoms with E-state index in [4.69, 9.17) is 14.2 Å².